The van der Waals surface area contributed by atoms with Gasteiger partial charge in [-0.25, -0.2) is 9.97 Å². The highest BCUT2D eigenvalue weighted by Crippen LogP contribution is 2.30. The van der Waals surface area contributed by atoms with Crippen molar-refractivity contribution >= 4 is 28.6 Å². The number of nitrogen functional groups attached to an aromatic ring is 1. The Morgan fingerprint density at radius 2 is 2.11 bits per heavy atom. The van der Waals surface area contributed by atoms with Gasteiger partial charge in [-0.1, -0.05) is 17.7 Å². The maximum atomic E-state index is 6.18. The molecule has 2 N–H and O–H groups in total. The molecule has 0 unspecified atom stereocenters. The van der Waals surface area contributed by atoms with Crippen LogP contribution < -0.4 is 5.73 Å². The molecule has 5 nitrogen and oxygen atoms in total. The molecule has 0 saturated carbocycles. The van der Waals surface area contributed by atoms with Gasteiger partial charge in [-0.3, -0.25) is 0 Å². The minimum atomic E-state index is 0.379. The van der Waals surface area contributed by atoms with Crippen LogP contribution in [0.1, 0.15) is 5.89 Å². The second-order valence-corrected chi connectivity index (χ2v) is 4.44. The number of aromatic nitrogens is 3. The number of rotatable bonds is 1. The summed E-state index contributed by atoms with van der Waals surface area (Å²) in [7, 11) is 1.77. The molecule has 0 spiro atoms. The van der Waals surface area contributed by atoms with E-state index in [1.807, 2.05) is 25.1 Å². The number of aryl methyl sites for hydroxylation is 1. The average molecular weight is 263 g/mol. The van der Waals surface area contributed by atoms with Crippen molar-refractivity contribution in [2.24, 2.45) is 7.05 Å². The van der Waals surface area contributed by atoms with Gasteiger partial charge in [-0.2, -0.15) is 0 Å². The summed E-state index contributed by atoms with van der Waals surface area (Å²) in [6.07, 6.45) is 0. The zero-order valence-corrected chi connectivity index (χ0v) is 10.7. The number of imidazole rings is 1. The summed E-state index contributed by atoms with van der Waals surface area (Å²) in [5, 5.41) is 0.503. The molecule has 0 aliphatic heterocycles. The van der Waals surface area contributed by atoms with Gasteiger partial charge in [-0.05, 0) is 12.1 Å². The first kappa shape index (κ1) is 11.1. The van der Waals surface area contributed by atoms with Crippen molar-refractivity contribution in [2.75, 3.05) is 5.73 Å². The Labute approximate surface area is 108 Å². The highest BCUT2D eigenvalue weighted by Gasteiger charge is 2.14. The number of hydrogen-bond donors (Lipinski definition) is 1. The fraction of sp³-hybridized carbons (Fsp3) is 0.167. The molecular weight excluding hydrogens is 252 g/mol. The van der Waals surface area contributed by atoms with Gasteiger partial charge in [0, 0.05) is 19.5 Å². The number of nitrogens with two attached hydrogens (primary N) is 1. The fourth-order valence-corrected chi connectivity index (χ4v) is 2.10. The first-order valence-electron chi connectivity index (χ1n) is 5.41. The molecule has 6 heteroatoms. The highest BCUT2D eigenvalue weighted by molar-refractivity contribution is 6.32. The van der Waals surface area contributed by atoms with E-state index in [4.69, 9.17) is 21.8 Å². The van der Waals surface area contributed by atoms with Crippen LogP contribution >= 0.6 is 11.6 Å². The Morgan fingerprint density at radius 3 is 2.78 bits per heavy atom. The maximum Gasteiger partial charge on any atom is 0.201 e. The summed E-state index contributed by atoms with van der Waals surface area (Å²) in [5.74, 6) is 1.01. The number of hydrogen-bond acceptors (Lipinski definition) is 4. The Kier molecular flexibility index (Phi) is 2.31. The van der Waals surface area contributed by atoms with Crippen molar-refractivity contribution in [3.8, 4) is 11.3 Å². The molecule has 0 bridgehead atoms. The Bertz CT molecular complexity index is 744. The number of halogens is 1. The van der Waals surface area contributed by atoms with Gasteiger partial charge >= 0.3 is 0 Å². The number of oxazole rings is 1. The summed E-state index contributed by atoms with van der Waals surface area (Å²) in [6.45, 7) is 1.81. The molecule has 2 heterocycles. The van der Waals surface area contributed by atoms with Crippen molar-refractivity contribution in [2.45, 2.75) is 6.92 Å². The van der Waals surface area contributed by atoms with Crippen LogP contribution in [0.15, 0.2) is 22.6 Å². The normalized spacial score (nSPS) is 11.3. The van der Waals surface area contributed by atoms with Crippen LogP contribution in [0.25, 0.3) is 22.4 Å². The van der Waals surface area contributed by atoms with Gasteiger partial charge in [0.25, 0.3) is 0 Å². The topological polar surface area (TPSA) is 69.9 Å². The first-order valence-corrected chi connectivity index (χ1v) is 5.79. The second kappa shape index (κ2) is 3.74. The fourth-order valence-electron chi connectivity index (χ4n) is 1.87. The van der Waals surface area contributed by atoms with Gasteiger partial charge in [0.1, 0.15) is 16.4 Å². The molecule has 18 heavy (non-hydrogen) atoms. The van der Waals surface area contributed by atoms with Crippen LogP contribution in [0.5, 0.6) is 0 Å². The molecule has 3 aromatic rings. The van der Waals surface area contributed by atoms with Crippen LogP contribution in [0, 0.1) is 6.92 Å². The van der Waals surface area contributed by atoms with E-state index in [1.54, 1.807) is 11.6 Å². The zero-order chi connectivity index (χ0) is 12.9. The summed E-state index contributed by atoms with van der Waals surface area (Å²) >= 11 is 6.18. The lowest BCUT2D eigenvalue weighted by Gasteiger charge is -1.98. The Balaban J connectivity index is 2.21. The van der Waals surface area contributed by atoms with Crippen molar-refractivity contribution in [3.63, 3.8) is 0 Å². The SMILES string of the molecule is Cc1nc2ccc(-c3nc(N)n(C)c3Cl)cc2o1. The van der Waals surface area contributed by atoms with Crippen LogP contribution in [-0.2, 0) is 7.05 Å². The van der Waals surface area contributed by atoms with E-state index in [2.05, 4.69) is 9.97 Å². The van der Waals surface area contributed by atoms with Gasteiger partial charge in [-0.15, -0.1) is 0 Å². The molecule has 0 aliphatic carbocycles. The van der Waals surface area contributed by atoms with Crippen molar-refractivity contribution in [1.82, 2.24) is 14.5 Å². The van der Waals surface area contributed by atoms with Gasteiger partial charge in [0.15, 0.2) is 11.5 Å². The standard InChI is InChI=1S/C12H11ClN4O/c1-6-15-8-4-3-7(5-9(8)18-6)10-11(13)17(2)12(14)16-10/h3-5H,1-2H3,(H2,14,16). The quantitative estimate of drug-likeness (QED) is 0.732. The molecule has 2 aromatic heterocycles. The lowest BCUT2D eigenvalue weighted by molar-refractivity contribution is 0.561. The van der Waals surface area contributed by atoms with E-state index >= 15 is 0 Å². The molecule has 1 aromatic carbocycles. The smallest absolute Gasteiger partial charge is 0.201 e. The van der Waals surface area contributed by atoms with Crippen LogP contribution in [-0.4, -0.2) is 14.5 Å². The molecule has 0 aliphatic rings. The van der Waals surface area contributed by atoms with Gasteiger partial charge < -0.3 is 14.7 Å². The van der Waals surface area contributed by atoms with E-state index in [0.29, 0.717) is 28.3 Å². The predicted octanol–water partition coefficient (Wildman–Crippen LogP) is 2.77. The van der Waals surface area contributed by atoms with E-state index in [0.717, 1.165) is 11.1 Å². The first-order chi connectivity index (χ1) is 8.56. The van der Waals surface area contributed by atoms with Gasteiger partial charge in [0.2, 0.25) is 5.95 Å². The zero-order valence-electron chi connectivity index (χ0n) is 9.94. The third-order valence-electron chi connectivity index (χ3n) is 2.83. The average Bonchev–Trinajstić information content (AvgIpc) is 2.82. The third-order valence-corrected chi connectivity index (χ3v) is 3.26. The van der Waals surface area contributed by atoms with E-state index < -0.39 is 0 Å². The molecular formula is C12H11ClN4O. The number of anilines is 1. The van der Waals surface area contributed by atoms with Crippen molar-refractivity contribution in [3.05, 3.63) is 29.2 Å². The molecule has 0 saturated heterocycles. The molecule has 0 radical (unpaired) electrons. The lowest BCUT2D eigenvalue weighted by atomic mass is 10.1. The van der Waals surface area contributed by atoms with Crippen molar-refractivity contribution in [1.29, 1.82) is 0 Å². The minimum Gasteiger partial charge on any atom is -0.441 e. The summed E-state index contributed by atoms with van der Waals surface area (Å²) in [5.41, 5.74) is 8.76. The van der Waals surface area contributed by atoms with E-state index in [9.17, 15) is 0 Å². The molecule has 0 amide bonds. The lowest BCUT2D eigenvalue weighted by Crippen LogP contribution is -1.96. The van der Waals surface area contributed by atoms with Crippen LogP contribution in [0.2, 0.25) is 5.15 Å². The molecule has 92 valence electrons. The maximum absolute atomic E-state index is 6.18. The largest absolute Gasteiger partial charge is 0.441 e. The predicted molar refractivity (Wildman–Crippen MR) is 70.4 cm³/mol. The van der Waals surface area contributed by atoms with Crippen LogP contribution in [0.3, 0.4) is 0 Å². The number of fused-ring (bicyclic) bond motifs is 1. The number of benzene rings is 1. The third kappa shape index (κ3) is 1.55. The molecule has 3 rings (SSSR count). The van der Waals surface area contributed by atoms with E-state index in [-0.39, 0.29) is 0 Å². The minimum absolute atomic E-state index is 0.379. The van der Waals surface area contributed by atoms with Crippen LogP contribution in [0.4, 0.5) is 5.95 Å². The highest BCUT2D eigenvalue weighted by atomic mass is 35.5. The molecule has 0 fully saturated rings. The number of nitrogens with zero attached hydrogens (tertiary/aromatic N) is 3. The summed E-state index contributed by atoms with van der Waals surface area (Å²) in [4.78, 5) is 8.48. The van der Waals surface area contributed by atoms with Gasteiger partial charge in [0.05, 0.1) is 0 Å². The molecule has 0 atom stereocenters. The summed E-state index contributed by atoms with van der Waals surface area (Å²) in [6, 6.07) is 5.64. The summed E-state index contributed by atoms with van der Waals surface area (Å²) < 4.78 is 7.12. The van der Waals surface area contributed by atoms with E-state index in [1.165, 1.54) is 0 Å². The Morgan fingerprint density at radius 1 is 1.33 bits per heavy atom. The second-order valence-electron chi connectivity index (χ2n) is 4.08. The monoisotopic (exact) mass is 262 g/mol. The Hall–Kier alpha value is -2.01. The van der Waals surface area contributed by atoms with Crippen molar-refractivity contribution < 1.29 is 4.42 Å².